The molecule has 11 nitrogen and oxygen atoms in total. The van der Waals surface area contributed by atoms with E-state index in [0.29, 0.717) is 13.0 Å². The highest BCUT2D eigenvalue weighted by Crippen LogP contribution is 2.44. The van der Waals surface area contributed by atoms with Crippen molar-refractivity contribution in [1.82, 2.24) is 15.3 Å². The second-order valence-corrected chi connectivity index (χ2v) is 12.4. The van der Waals surface area contributed by atoms with Crippen LogP contribution in [-0.2, 0) is 32.7 Å². The van der Waals surface area contributed by atoms with E-state index in [1.165, 1.54) is 4.90 Å². The van der Waals surface area contributed by atoms with Gasteiger partial charge in [0.1, 0.15) is 12.7 Å². The Labute approximate surface area is 220 Å². The zero-order valence-corrected chi connectivity index (χ0v) is 24.0. The Morgan fingerprint density at radius 2 is 1.70 bits per heavy atom. The lowest BCUT2D eigenvalue weighted by Gasteiger charge is -2.27. The van der Waals surface area contributed by atoms with Crippen LogP contribution in [0.25, 0.3) is 0 Å². The molecule has 0 saturated heterocycles. The van der Waals surface area contributed by atoms with Crippen LogP contribution in [0.3, 0.4) is 0 Å². The van der Waals surface area contributed by atoms with Gasteiger partial charge in [0.05, 0.1) is 18.6 Å². The highest BCUT2D eigenvalue weighted by atomic mass is 31.2. The number of carbonyl (C=O) groups excluding carboxylic acids is 3. The maximum atomic E-state index is 13.3. The highest BCUT2D eigenvalue weighted by molar-refractivity contribution is 7.51. The van der Waals surface area contributed by atoms with Crippen LogP contribution >= 0.6 is 7.75 Å². The predicted octanol–water partition coefficient (Wildman–Crippen LogP) is 3.97. The number of rotatable bonds is 12. The Kier molecular flexibility index (Phi) is 14.6. The van der Waals surface area contributed by atoms with E-state index in [4.69, 9.17) is 18.5 Å². The van der Waals surface area contributed by atoms with Crippen molar-refractivity contribution in [3.63, 3.8) is 0 Å². The lowest BCUT2D eigenvalue weighted by Crippen LogP contribution is -2.43. The van der Waals surface area contributed by atoms with Crippen LogP contribution in [0, 0.1) is 23.7 Å². The Hall–Kier alpha value is -2.48. The van der Waals surface area contributed by atoms with E-state index in [1.54, 1.807) is 53.0 Å². The first-order chi connectivity index (χ1) is 17.1. The molecule has 0 aromatic carbocycles. The maximum absolute atomic E-state index is 13.3. The predicted molar refractivity (Wildman–Crippen MR) is 141 cm³/mol. The van der Waals surface area contributed by atoms with E-state index >= 15 is 0 Å². The number of imide groups is 1. The van der Waals surface area contributed by atoms with E-state index in [0.717, 1.165) is 5.57 Å². The van der Waals surface area contributed by atoms with Crippen LogP contribution in [0.4, 0.5) is 4.79 Å². The van der Waals surface area contributed by atoms with E-state index in [-0.39, 0.29) is 25.2 Å². The maximum Gasteiger partial charge on any atom is 0.405 e. The van der Waals surface area contributed by atoms with Crippen molar-refractivity contribution < 1.29 is 37.5 Å². The van der Waals surface area contributed by atoms with Crippen LogP contribution in [0.5, 0.6) is 0 Å². The molecule has 3 amide bonds. The summed E-state index contributed by atoms with van der Waals surface area (Å²) in [5, 5.41) is 4.92. The minimum atomic E-state index is -3.77. The monoisotopic (exact) mass is 543 g/mol. The van der Waals surface area contributed by atoms with Gasteiger partial charge in [-0.3, -0.25) is 28.9 Å². The van der Waals surface area contributed by atoms with E-state index in [1.807, 2.05) is 20.8 Å². The second-order valence-electron chi connectivity index (χ2n) is 10.5. The molecular formula is C25H42N3O8P. The fourth-order valence-corrected chi connectivity index (χ4v) is 4.12. The molecule has 1 aliphatic rings. The molecule has 37 heavy (non-hydrogen) atoms. The Balaban J connectivity index is 0.00000631. The lowest BCUT2D eigenvalue weighted by molar-refractivity contribution is -0.153. The lowest BCUT2D eigenvalue weighted by atomic mass is 9.97. The van der Waals surface area contributed by atoms with Gasteiger partial charge in [0.15, 0.2) is 6.23 Å². The van der Waals surface area contributed by atoms with Crippen molar-refractivity contribution in [1.29, 1.82) is 0 Å². The number of esters is 1. The average Bonchev–Trinajstić information content (AvgIpc) is 3.27. The Morgan fingerprint density at radius 3 is 2.22 bits per heavy atom. The van der Waals surface area contributed by atoms with Crippen molar-refractivity contribution >= 4 is 26.2 Å². The fraction of sp³-hybridized carbons (Fsp3) is 0.640. The van der Waals surface area contributed by atoms with Gasteiger partial charge in [-0.1, -0.05) is 32.4 Å². The van der Waals surface area contributed by atoms with Crippen LogP contribution in [-0.4, -0.2) is 62.0 Å². The molecular weight excluding hydrogens is 501 g/mol. The summed E-state index contributed by atoms with van der Waals surface area (Å²) in [6, 6.07) is -0.650. The number of nitrogens with zero attached hydrogens (tertiary/aromatic N) is 1. The molecule has 1 rings (SSSR count). The minimum absolute atomic E-state index is 0.0773. The zero-order chi connectivity index (χ0) is 28.9. The van der Waals surface area contributed by atoms with Crippen LogP contribution < -0.4 is 10.4 Å². The molecule has 0 fully saturated rings. The number of hydrogen-bond donors (Lipinski definition) is 2. The molecule has 0 saturated carbocycles. The Bertz CT molecular complexity index is 883. The summed E-state index contributed by atoms with van der Waals surface area (Å²) in [6.45, 7) is 14.7. The van der Waals surface area contributed by atoms with Crippen molar-refractivity contribution in [3.05, 3.63) is 23.9 Å². The molecule has 0 radical (unpaired) electrons. The highest BCUT2D eigenvalue weighted by Gasteiger charge is 2.32. The number of allylic oxidation sites excluding steroid dienone is 1. The zero-order valence-electron chi connectivity index (χ0n) is 23.1. The molecule has 0 aromatic heterocycles. The number of amides is 3. The first kappa shape index (κ1) is 34.5. The summed E-state index contributed by atoms with van der Waals surface area (Å²) in [4.78, 5) is 36.0. The summed E-state index contributed by atoms with van der Waals surface area (Å²) in [5.74, 6) is -0.394. The van der Waals surface area contributed by atoms with E-state index in [9.17, 15) is 18.9 Å². The van der Waals surface area contributed by atoms with Gasteiger partial charge in [0.25, 0.3) is 0 Å². The largest absolute Gasteiger partial charge is 0.463 e. The second kappa shape index (κ2) is 15.7. The first-order valence-electron chi connectivity index (χ1n) is 11.7. The number of urea groups is 1. The number of nitrogens with one attached hydrogen (secondary N) is 2. The van der Waals surface area contributed by atoms with Crippen LogP contribution in [0.15, 0.2) is 23.9 Å². The van der Waals surface area contributed by atoms with E-state index in [2.05, 4.69) is 23.3 Å². The number of ether oxygens (including phenoxy) is 2. The van der Waals surface area contributed by atoms with Crippen molar-refractivity contribution in [2.24, 2.45) is 10.8 Å². The van der Waals surface area contributed by atoms with Gasteiger partial charge in [0.2, 0.25) is 6.41 Å². The van der Waals surface area contributed by atoms with Crippen LogP contribution in [0.2, 0.25) is 0 Å². The number of carbonyl (C=O) groups is 3. The molecule has 12 heteroatoms. The third-order valence-corrected chi connectivity index (χ3v) is 5.85. The average molecular weight is 544 g/mol. The quantitative estimate of drug-likeness (QED) is 0.0937. The molecule has 0 aliphatic carbocycles. The molecule has 1 heterocycles. The van der Waals surface area contributed by atoms with Crippen molar-refractivity contribution in [3.8, 4) is 12.8 Å². The molecule has 2 N–H and O–H groups in total. The molecule has 210 valence electrons. The normalized spacial score (nSPS) is 18.5. The summed E-state index contributed by atoms with van der Waals surface area (Å²) < 4.78 is 35.4. The fourth-order valence-electron chi connectivity index (χ4n) is 2.54. The van der Waals surface area contributed by atoms with Crippen LogP contribution in [0.1, 0.15) is 55.4 Å². The topological polar surface area (TPSA) is 132 Å². The number of hydrogen-bond acceptors (Lipinski definition) is 8. The smallest absolute Gasteiger partial charge is 0.405 e. The third kappa shape index (κ3) is 14.1. The van der Waals surface area contributed by atoms with Gasteiger partial charge in [0, 0.05) is 12.7 Å². The summed E-state index contributed by atoms with van der Waals surface area (Å²) in [5.41, 5.74) is -0.0403. The molecule has 0 spiro atoms. The first-order valence-corrected chi connectivity index (χ1v) is 13.3. The summed E-state index contributed by atoms with van der Waals surface area (Å²) >= 11 is 0. The standard InChI is InChI=1S/C23H40N3O8P.C2H2/c1-17(2)13-26(21(29)24-16-27)19-10-9-18(34-19)14-33-35(30,25-15-22(3,4)5)32-12-11-31-20(28)23(6,7)8;1-2/h9-10,13,16,18-19H,11-12,14-15H2,1-8H3,(H,25,30)(H,24,27,29);1-2H/t18-,19+,35?;/m0./s1. The van der Waals surface area contributed by atoms with Gasteiger partial charge in [-0.25, -0.2) is 14.4 Å². The molecule has 0 aromatic rings. The molecule has 1 unspecified atom stereocenters. The molecule has 3 atom stereocenters. The summed E-state index contributed by atoms with van der Waals surface area (Å²) in [7, 11) is -3.77. The minimum Gasteiger partial charge on any atom is -0.463 e. The SMILES string of the molecule is C#C.CC(C)=CN(C(=O)NC=O)[C@H]1C=C[C@@H](COP(=O)(NCC(C)(C)C)OCCOC(=O)C(C)(C)C)O1. The molecule has 1 aliphatic heterocycles. The third-order valence-electron chi connectivity index (χ3n) is 4.29. The Morgan fingerprint density at radius 1 is 1.08 bits per heavy atom. The van der Waals surface area contributed by atoms with Gasteiger partial charge >= 0.3 is 19.7 Å². The number of terminal acetylenes is 1. The molecule has 0 bridgehead atoms. The van der Waals surface area contributed by atoms with Gasteiger partial charge in [-0.2, -0.15) is 0 Å². The van der Waals surface area contributed by atoms with Crippen molar-refractivity contribution in [2.45, 2.75) is 67.7 Å². The van der Waals surface area contributed by atoms with Gasteiger partial charge in [-0.15, -0.1) is 12.8 Å². The van der Waals surface area contributed by atoms with Crippen molar-refractivity contribution in [2.75, 3.05) is 26.4 Å². The summed E-state index contributed by atoms with van der Waals surface area (Å²) in [6.07, 6.45) is 11.7. The van der Waals surface area contributed by atoms with Gasteiger partial charge in [-0.05, 0) is 46.1 Å². The van der Waals surface area contributed by atoms with E-state index < -0.39 is 37.5 Å². The van der Waals surface area contributed by atoms with Gasteiger partial charge < -0.3 is 9.47 Å².